The summed E-state index contributed by atoms with van der Waals surface area (Å²) in [6.07, 6.45) is 4.64. The molecule has 0 aliphatic heterocycles. The average molecular weight is 311 g/mol. The van der Waals surface area contributed by atoms with Crippen LogP contribution in [0.2, 0.25) is 18.1 Å². The number of rotatable bonds is 4. The maximum atomic E-state index is 12.2. The van der Waals surface area contributed by atoms with Crippen LogP contribution in [-0.4, -0.2) is 27.3 Å². The first-order chi connectivity index (χ1) is 9.49. The number of ketones is 1. The minimum Gasteiger partial charge on any atom is -0.504 e. The molecule has 1 aliphatic rings. The lowest BCUT2D eigenvalue weighted by Crippen LogP contribution is -2.51. The summed E-state index contributed by atoms with van der Waals surface area (Å²) in [5.41, 5.74) is 0.191. The summed E-state index contributed by atoms with van der Waals surface area (Å²) < 4.78 is 11.7. The van der Waals surface area contributed by atoms with Crippen LogP contribution in [0.4, 0.5) is 0 Å². The van der Waals surface area contributed by atoms with Crippen LogP contribution >= 0.6 is 0 Å². The Labute approximate surface area is 130 Å². The third-order valence-electron chi connectivity index (χ3n) is 5.09. The van der Waals surface area contributed by atoms with E-state index in [1.165, 1.54) is 0 Å². The van der Waals surface area contributed by atoms with Crippen molar-refractivity contribution < 1.29 is 14.0 Å². The number of Topliss-reactive ketones (excluding diaryl/α,β-unsaturated/α-hetero) is 1. The molecule has 2 atom stereocenters. The lowest BCUT2D eigenvalue weighted by Gasteiger charge is -2.47. The average Bonchev–Trinajstić information content (AvgIpc) is 2.36. The van der Waals surface area contributed by atoms with Crippen molar-refractivity contribution >= 4 is 14.1 Å². The zero-order valence-corrected chi connectivity index (χ0v) is 15.6. The van der Waals surface area contributed by atoms with E-state index in [1.807, 2.05) is 13.0 Å². The second-order valence-corrected chi connectivity index (χ2v) is 12.3. The second kappa shape index (κ2) is 6.09. The van der Waals surface area contributed by atoms with Crippen LogP contribution in [0.15, 0.2) is 24.5 Å². The standard InChI is InChI=1S/C17H30O3Si/c1-9-17(5)13(12-19-6)14(18)10-11-15(17)20-21(7,8)16(2,3)4/h9,12,15H,1,10-11H2,2-8H3/b13-12-/t15-,17-/m0/s1. The van der Waals surface area contributed by atoms with E-state index < -0.39 is 13.7 Å². The van der Waals surface area contributed by atoms with E-state index in [-0.39, 0.29) is 16.9 Å². The molecule has 1 aliphatic carbocycles. The van der Waals surface area contributed by atoms with E-state index in [0.717, 1.165) is 6.42 Å². The zero-order valence-electron chi connectivity index (χ0n) is 14.6. The summed E-state index contributed by atoms with van der Waals surface area (Å²) in [6.45, 7) is 17.1. The SMILES string of the molecule is C=C[C@@]1(C)/C(=C\OC)C(=O)CC[C@@H]1O[Si](C)(C)C(C)(C)C. The fraction of sp³-hybridized carbons (Fsp3) is 0.706. The molecule has 3 nitrogen and oxygen atoms in total. The molecule has 0 spiro atoms. The molecule has 0 aromatic carbocycles. The summed E-state index contributed by atoms with van der Waals surface area (Å²) in [4.78, 5) is 12.2. The van der Waals surface area contributed by atoms with Crippen molar-refractivity contribution in [1.82, 2.24) is 0 Å². The predicted octanol–water partition coefficient (Wildman–Crippen LogP) is 4.46. The molecule has 0 aromatic heterocycles. The Kier molecular flexibility index (Phi) is 5.27. The van der Waals surface area contributed by atoms with Gasteiger partial charge < -0.3 is 9.16 Å². The van der Waals surface area contributed by atoms with Crippen molar-refractivity contribution in [2.75, 3.05) is 7.11 Å². The molecule has 0 radical (unpaired) electrons. The lowest BCUT2D eigenvalue weighted by atomic mass is 9.69. The molecule has 120 valence electrons. The quantitative estimate of drug-likeness (QED) is 0.333. The van der Waals surface area contributed by atoms with E-state index in [1.54, 1.807) is 13.4 Å². The molecule has 1 fully saturated rings. The van der Waals surface area contributed by atoms with Gasteiger partial charge in [0.25, 0.3) is 0 Å². The molecule has 0 N–H and O–H groups in total. The van der Waals surface area contributed by atoms with Crippen molar-refractivity contribution in [2.45, 2.75) is 64.8 Å². The summed E-state index contributed by atoms with van der Waals surface area (Å²) in [5.74, 6) is 0.134. The van der Waals surface area contributed by atoms with Crippen LogP contribution in [-0.2, 0) is 14.0 Å². The van der Waals surface area contributed by atoms with Crippen molar-refractivity contribution in [2.24, 2.45) is 5.41 Å². The van der Waals surface area contributed by atoms with Gasteiger partial charge in [-0.05, 0) is 31.5 Å². The number of carbonyl (C=O) groups excluding carboxylic acids is 1. The first kappa shape index (κ1) is 18.2. The molecule has 0 saturated heterocycles. The van der Waals surface area contributed by atoms with Crippen molar-refractivity contribution in [1.29, 1.82) is 0 Å². The Balaban J connectivity index is 3.16. The highest BCUT2D eigenvalue weighted by molar-refractivity contribution is 6.74. The smallest absolute Gasteiger partial charge is 0.192 e. The van der Waals surface area contributed by atoms with Gasteiger partial charge in [0, 0.05) is 17.4 Å². The van der Waals surface area contributed by atoms with Crippen LogP contribution in [0.1, 0.15) is 40.5 Å². The van der Waals surface area contributed by atoms with Crippen LogP contribution in [0.5, 0.6) is 0 Å². The van der Waals surface area contributed by atoms with Gasteiger partial charge in [-0.1, -0.05) is 26.8 Å². The Morgan fingerprint density at radius 1 is 1.38 bits per heavy atom. The van der Waals surface area contributed by atoms with Gasteiger partial charge in [-0.15, -0.1) is 6.58 Å². The zero-order chi connectivity index (χ0) is 16.5. The summed E-state index contributed by atoms with van der Waals surface area (Å²) in [5, 5.41) is 0.141. The van der Waals surface area contributed by atoms with Crippen LogP contribution in [0, 0.1) is 5.41 Å². The monoisotopic (exact) mass is 310 g/mol. The normalized spacial score (nSPS) is 29.6. The molecule has 0 bridgehead atoms. The molecule has 0 heterocycles. The fourth-order valence-electron chi connectivity index (χ4n) is 2.44. The molecule has 4 heteroatoms. The molecule has 0 amide bonds. The molecule has 1 saturated carbocycles. The minimum atomic E-state index is -1.90. The highest BCUT2D eigenvalue weighted by atomic mass is 28.4. The van der Waals surface area contributed by atoms with Gasteiger partial charge in [0.15, 0.2) is 14.1 Å². The first-order valence-electron chi connectivity index (χ1n) is 7.57. The van der Waals surface area contributed by atoms with E-state index in [2.05, 4.69) is 40.4 Å². The number of ether oxygens (including phenoxy) is 1. The molecule has 1 rings (SSSR count). The molecular formula is C17H30O3Si. The lowest BCUT2D eigenvalue weighted by molar-refractivity contribution is -0.120. The number of carbonyl (C=O) groups is 1. The van der Waals surface area contributed by atoms with Gasteiger partial charge in [-0.2, -0.15) is 0 Å². The maximum Gasteiger partial charge on any atom is 0.192 e. The van der Waals surface area contributed by atoms with Gasteiger partial charge in [0.05, 0.1) is 19.5 Å². The maximum absolute atomic E-state index is 12.2. The van der Waals surface area contributed by atoms with Crippen LogP contribution < -0.4 is 0 Å². The molecule has 21 heavy (non-hydrogen) atoms. The van der Waals surface area contributed by atoms with E-state index in [9.17, 15) is 4.79 Å². The number of methoxy groups -OCH3 is 1. The fourth-order valence-corrected chi connectivity index (χ4v) is 3.86. The van der Waals surface area contributed by atoms with Crippen LogP contribution in [0.25, 0.3) is 0 Å². The minimum absolute atomic E-state index is 0.0185. The van der Waals surface area contributed by atoms with Gasteiger partial charge in [-0.25, -0.2) is 0 Å². The Morgan fingerprint density at radius 3 is 2.38 bits per heavy atom. The van der Waals surface area contributed by atoms with Crippen LogP contribution in [0.3, 0.4) is 0 Å². The number of hydrogen-bond acceptors (Lipinski definition) is 3. The van der Waals surface area contributed by atoms with Gasteiger partial charge in [-0.3, -0.25) is 4.79 Å². The van der Waals surface area contributed by atoms with E-state index in [0.29, 0.717) is 12.0 Å². The molecular weight excluding hydrogens is 280 g/mol. The third kappa shape index (κ3) is 3.48. The van der Waals surface area contributed by atoms with Crippen molar-refractivity contribution in [3.05, 3.63) is 24.5 Å². The highest BCUT2D eigenvalue weighted by Gasteiger charge is 2.48. The van der Waals surface area contributed by atoms with Gasteiger partial charge >= 0.3 is 0 Å². The topological polar surface area (TPSA) is 35.5 Å². The van der Waals surface area contributed by atoms with Gasteiger partial charge in [0.2, 0.25) is 0 Å². The third-order valence-corrected chi connectivity index (χ3v) is 9.57. The summed E-state index contributed by atoms with van der Waals surface area (Å²) >= 11 is 0. The van der Waals surface area contributed by atoms with E-state index >= 15 is 0 Å². The van der Waals surface area contributed by atoms with Crippen molar-refractivity contribution in [3.8, 4) is 0 Å². The predicted molar refractivity (Wildman–Crippen MR) is 89.7 cm³/mol. The van der Waals surface area contributed by atoms with Crippen molar-refractivity contribution in [3.63, 3.8) is 0 Å². The Hall–Kier alpha value is -0.873. The highest BCUT2D eigenvalue weighted by Crippen LogP contribution is 2.46. The summed E-state index contributed by atoms with van der Waals surface area (Å²) in [7, 11) is -0.328. The second-order valence-electron chi connectivity index (χ2n) is 7.58. The number of hydrogen-bond donors (Lipinski definition) is 0. The van der Waals surface area contributed by atoms with Gasteiger partial charge in [0.1, 0.15) is 0 Å². The first-order valence-corrected chi connectivity index (χ1v) is 10.5. The Bertz CT molecular complexity index is 445. The summed E-state index contributed by atoms with van der Waals surface area (Å²) in [6, 6.07) is 0. The molecule has 0 aromatic rings. The Morgan fingerprint density at radius 2 is 1.95 bits per heavy atom. The largest absolute Gasteiger partial charge is 0.504 e. The molecule has 0 unspecified atom stereocenters. The van der Waals surface area contributed by atoms with E-state index in [4.69, 9.17) is 9.16 Å².